The van der Waals surface area contributed by atoms with Gasteiger partial charge in [-0.05, 0) is 49.4 Å². The molecule has 0 spiro atoms. The lowest BCUT2D eigenvalue weighted by Gasteiger charge is -2.03. The molecule has 2 aromatic carbocycles. The van der Waals surface area contributed by atoms with Gasteiger partial charge in [-0.1, -0.05) is 40.9 Å². The number of carbonyl (C=O) groups excluding carboxylic acids is 2. The molecule has 0 unspecified atom stereocenters. The number of benzene rings is 2. The largest absolute Gasteiger partial charge is 0.455 e. The zero-order valence-corrected chi connectivity index (χ0v) is 16.2. The Balaban J connectivity index is 1.57. The Hall–Kier alpha value is -3.09. The summed E-state index contributed by atoms with van der Waals surface area (Å²) >= 11 is 11.9. The Morgan fingerprint density at radius 1 is 0.964 bits per heavy atom. The van der Waals surface area contributed by atoms with Gasteiger partial charge in [0.25, 0.3) is 0 Å². The van der Waals surface area contributed by atoms with E-state index in [2.05, 4.69) is 15.8 Å². The maximum Gasteiger partial charge on any atom is 0.329 e. The summed E-state index contributed by atoms with van der Waals surface area (Å²) in [5.74, 6) is -0.770. The summed E-state index contributed by atoms with van der Waals surface area (Å²) in [6.45, 7) is 1.93. The number of aryl methyl sites for hydroxylation is 1. The standard InChI is InChI=1S/C20H15Cl2N3O3/c1-12-2-5-14(6-3-12)24-19(26)20(27)25-23-11-15-7-9-18(28-15)13-4-8-16(21)17(22)10-13/h2-11H,1H3,(H,24,26)(H,25,27)/b23-11+. The van der Waals surface area contributed by atoms with Crippen LogP contribution in [0.15, 0.2) is 64.1 Å². The number of halogens is 2. The Morgan fingerprint density at radius 3 is 2.43 bits per heavy atom. The quantitative estimate of drug-likeness (QED) is 0.369. The van der Waals surface area contributed by atoms with Crippen LogP contribution >= 0.6 is 23.2 Å². The van der Waals surface area contributed by atoms with E-state index in [1.54, 1.807) is 42.5 Å². The van der Waals surface area contributed by atoms with Crippen LogP contribution in [0.1, 0.15) is 11.3 Å². The predicted molar refractivity (Wildman–Crippen MR) is 110 cm³/mol. The van der Waals surface area contributed by atoms with E-state index in [-0.39, 0.29) is 0 Å². The number of carbonyl (C=O) groups is 2. The molecule has 0 fully saturated rings. The number of rotatable bonds is 4. The highest BCUT2D eigenvalue weighted by atomic mass is 35.5. The minimum absolute atomic E-state index is 0.389. The monoisotopic (exact) mass is 415 g/mol. The first-order valence-electron chi connectivity index (χ1n) is 8.19. The first-order chi connectivity index (χ1) is 13.4. The zero-order chi connectivity index (χ0) is 20.1. The fourth-order valence-electron chi connectivity index (χ4n) is 2.26. The van der Waals surface area contributed by atoms with Gasteiger partial charge in [-0.2, -0.15) is 5.10 Å². The fourth-order valence-corrected chi connectivity index (χ4v) is 2.55. The number of hydrogen-bond donors (Lipinski definition) is 2. The van der Waals surface area contributed by atoms with Crippen molar-refractivity contribution in [3.8, 4) is 11.3 Å². The van der Waals surface area contributed by atoms with Gasteiger partial charge in [0.2, 0.25) is 0 Å². The van der Waals surface area contributed by atoms with Crippen molar-refractivity contribution in [2.45, 2.75) is 6.92 Å². The number of hydrazone groups is 1. The van der Waals surface area contributed by atoms with Crippen LogP contribution in [0.3, 0.4) is 0 Å². The highest BCUT2D eigenvalue weighted by molar-refractivity contribution is 6.42. The summed E-state index contributed by atoms with van der Waals surface area (Å²) in [4.78, 5) is 23.7. The van der Waals surface area contributed by atoms with Crippen molar-refractivity contribution in [1.82, 2.24) is 5.43 Å². The van der Waals surface area contributed by atoms with Crippen LogP contribution in [0.4, 0.5) is 5.69 Å². The fraction of sp³-hybridized carbons (Fsp3) is 0.0500. The van der Waals surface area contributed by atoms with Crippen molar-refractivity contribution in [2.75, 3.05) is 5.32 Å². The molecule has 0 bridgehead atoms. The minimum Gasteiger partial charge on any atom is -0.455 e. The Bertz CT molecular complexity index is 1040. The summed E-state index contributed by atoms with van der Waals surface area (Å²) in [5.41, 5.74) is 4.46. The molecule has 1 heterocycles. The van der Waals surface area contributed by atoms with Crippen LogP contribution in [0.5, 0.6) is 0 Å². The molecule has 28 heavy (non-hydrogen) atoms. The van der Waals surface area contributed by atoms with Crippen LogP contribution in [0, 0.1) is 6.92 Å². The summed E-state index contributed by atoms with van der Waals surface area (Å²) in [7, 11) is 0. The molecule has 6 nitrogen and oxygen atoms in total. The van der Waals surface area contributed by atoms with Crippen molar-refractivity contribution in [3.63, 3.8) is 0 Å². The first kappa shape index (κ1) is 19.7. The maximum absolute atomic E-state index is 11.8. The van der Waals surface area contributed by atoms with E-state index < -0.39 is 11.8 Å². The van der Waals surface area contributed by atoms with E-state index in [1.165, 1.54) is 6.21 Å². The van der Waals surface area contributed by atoms with Crippen LogP contribution in [0.2, 0.25) is 10.0 Å². The van der Waals surface area contributed by atoms with Crippen molar-refractivity contribution in [2.24, 2.45) is 5.10 Å². The average molecular weight is 416 g/mol. The number of anilines is 1. The smallest absolute Gasteiger partial charge is 0.329 e. The molecule has 2 amide bonds. The molecule has 8 heteroatoms. The van der Waals surface area contributed by atoms with Crippen LogP contribution < -0.4 is 10.7 Å². The second-order valence-corrected chi connectivity index (χ2v) is 6.66. The van der Waals surface area contributed by atoms with E-state index in [0.717, 1.165) is 11.1 Å². The van der Waals surface area contributed by atoms with Gasteiger partial charge in [0, 0.05) is 11.3 Å². The van der Waals surface area contributed by atoms with E-state index in [1.807, 2.05) is 19.1 Å². The lowest BCUT2D eigenvalue weighted by atomic mass is 10.2. The lowest BCUT2D eigenvalue weighted by molar-refractivity contribution is -0.136. The highest BCUT2D eigenvalue weighted by Gasteiger charge is 2.13. The molecule has 0 saturated heterocycles. The van der Waals surface area contributed by atoms with Crippen molar-refractivity contribution in [3.05, 3.63) is 76.0 Å². The van der Waals surface area contributed by atoms with Gasteiger partial charge in [-0.15, -0.1) is 0 Å². The van der Waals surface area contributed by atoms with Crippen LogP contribution in [0.25, 0.3) is 11.3 Å². The molecule has 0 radical (unpaired) electrons. The molecule has 0 aliphatic carbocycles. The van der Waals surface area contributed by atoms with Crippen molar-refractivity contribution in [1.29, 1.82) is 0 Å². The topological polar surface area (TPSA) is 83.7 Å². The SMILES string of the molecule is Cc1ccc(NC(=O)C(=O)N/N=C/c2ccc(-c3ccc(Cl)c(Cl)c3)o2)cc1. The number of nitrogens with one attached hydrogen (secondary N) is 2. The third-order valence-corrected chi connectivity index (χ3v) is 4.44. The predicted octanol–water partition coefficient (Wildman–Crippen LogP) is 4.65. The molecular weight excluding hydrogens is 401 g/mol. The average Bonchev–Trinajstić information content (AvgIpc) is 3.14. The lowest BCUT2D eigenvalue weighted by Crippen LogP contribution is -2.32. The number of furan rings is 1. The molecule has 3 rings (SSSR count). The van der Waals surface area contributed by atoms with E-state index in [4.69, 9.17) is 27.6 Å². The number of hydrogen-bond acceptors (Lipinski definition) is 4. The molecule has 0 saturated carbocycles. The van der Waals surface area contributed by atoms with Crippen LogP contribution in [-0.4, -0.2) is 18.0 Å². The summed E-state index contributed by atoms with van der Waals surface area (Å²) < 4.78 is 5.61. The summed E-state index contributed by atoms with van der Waals surface area (Å²) in [6.07, 6.45) is 1.29. The van der Waals surface area contributed by atoms with Gasteiger partial charge < -0.3 is 9.73 Å². The van der Waals surface area contributed by atoms with Gasteiger partial charge in [0.05, 0.1) is 16.3 Å². The minimum atomic E-state index is -0.895. The number of nitrogens with zero attached hydrogens (tertiary/aromatic N) is 1. The molecule has 3 aromatic rings. The van der Waals surface area contributed by atoms with Crippen molar-refractivity contribution < 1.29 is 14.0 Å². The Kier molecular flexibility index (Phi) is 6.13. The van der Waals surface area contributed by atoms with Gasteiger partial charge >= 0.3 is 11.8 Å². The van der Waals surface area contributed by atoms with Gasteiger partial charge in [0.15, 0.2) is 0 Å². The normalized spacial score (nSPS) is 10.8. The zero-order valence-electron chi connectivity index (χ0n) is 14.7. The molecule has 0 atom stereocenters. The molecule has 142 valence electrons. The van der Waals surface area contributed by atoms with E-state index in [9.17, 15) is 9.59 Å². The third-order valence-electron chi connectivity index (χ3n) is 3.70. The van der Waals surface area contributed by atoms with E-state index >= 15 is 0 Å². The second kappa shape index (κ2) is 8.73. The number of amides is 2. The van der Waals surface area contributed by atoms with Gasteiger partial charge in [-0.3, -0.25) is 9.59 Å². The Labute approximate surface area is 171 Å². The highest BCUT2D eigenvalue weighted by Crippen LogP contribution is 2.29. The third kappa shape index (κ3) is 5.00. The molecular formula is C20H15Cl2N3O3. The second-order valence-electron chi connectivity index (χ2n) is 5.85. The first-order valence-corrected chi connectivity index (χ1v) is 8.94. The van der Waals surface area contributed by atoms with E-state index in [0.29, 0.717) is 27.3 Å². The maximum atomic E-state index is 11.8. The van der Waals surface area contributed by atoms with Crippen molar-refractivity contribution >= 4 is 46.9 Å². The molecule has 1 aromatic heterocycles. The van der Waals surface area contributed by atoms with Crippen LogP contribution in [-0.2, 0) is 9.59 Å². The summed E-state index contributed by atoms with van der Waals surface area (Å²) in [5, 5.41) is 7.08. The van der Waals surface area contributed by atoms with Gasteiger partial charge in [0.1, 0.15) is 11.5 Å². The van der Waals surface area contributed by atoms with Gasteiger partial charge in [-0.25, -0.2) is 5.43 Å². The Morgan fingerprint density at radius 2 is 1.71 bits per heavy atom. The molecule has 0 aliphatic heterocycles. The molecule has 2 N–H and O–H groups in total. The molecule has 0 aliphatic rings. The summed E-state index contributed by atoms with van der Waals surface area (Å²) in [6, 6.07) is 15.6.